The van der Waals surface area contributed by atoms with E-state index in [0.717, 1.165) is 22.0 Å². The van der Waals surface area contributed by atoms with E-state index in [4.69, 9.17) is 0 Å². The standard InChI is InChI=1S/C20H20N2O2S/c1-14(2)15-7-9-18(10-8-15)25(23,24)22-12-11-17-13-16-5-3-4-6-19(16)21-20(17)22/h3-10,13-14H,11-12H2,1-2H3. The summed E-state index contributed by atoms with van der Waals surface area (Å²) in [4.78, 5) is 4.94. The number of benzene rings is 2. The minimum Gasteiger partial charge on any atom is -0.249 e. The molecule has 5 heteroatoms. The van der Waals surface area contributed by atoms with Crippen molar-refractivity contribution in [3.8, 4) is 0 Å². The molecule has 2 aromatic carbocycles. The third-order valence-electron chi connectivity index (χ3n) is 4.74. The lowest BCUT2D eigenvalue weighted by Gasteiger charge is -2.19. The average Bonchev–Trinajstić information content (AvgIpc) is 3.03. The molecule has 2 heterocycles. The largest absolute Gasteiger partial charge is 0.265 e. The van der Waals surface area contributed by atoms with Gasteiger partial charge in [-0.05, 0) is 47.7 Å². The van der Waals surface area contributed by atoms with Crippen LogP contribution in [0.25, 0.3) is 10.9 Å². The Morgan fingerprint density at radius 3 is 2.48 bits per heavy atom. The smallest absolute Gasteiger partial charge is 0.249 e. The number of para-hydroxylation sites is 1. The summed E-state index contributed by atoms with van der Waals surface area (Å²) in [5, 5.41) is 1.04. The molecule has 0 unspecified atom stereocenters. The molecule has 25 heavy (non-hydrogen) atoms. The van der Waals surface area contributed by atoms with Crippen LogP contribution in [0.15, 0.2) is 59.5 Å². The van der Waals surface area contributed by atoms with Crippen LogP contribution in [0.3, 0.4) is 0 Å². The normalized spacial score (nSPS) is 14.3. The molecule has 0 bridgehead atoms. The summed E-state index contributed by atoms with van der Waals surface area (Å²) in [5.74, 6) is 0.934. The van der Waals surface area contributed by atoms with Gasteiger partial charge in [-0.15, -0.1) is 0 Å². The first kappa shape index (κ1) is 16.1. The second kappa shape index (κ2) is 5.85. The Hall–Kier alpha value is -2.40. The quantitative estimate of drug-likeness (QED) is 0.713. The van der Waals surface area contributed by atoms with Crippen molar-refractivity contribution in [2.75, 3.05) is 10.8 Å². The number of pyridine rings is 1. The molecule has 0 amide bonds. The zero-order chi connectivity index (χ0) is 17.6. The van der Waals surface area contributed by atoms with Gasteiger partial charge >= 0.3 is 0 Å². The van der Waals surface area contributed by atoms with Crippen LogP contribution in [-0.4, -0.2) is 19.9 Å². The van der Waals surface area contributed by atoms with Crippen molar-refractivity contribution < 1.29 is 8.42 Å². The molecule has 0 fully saturated rings. The minimum atomic E-state index is -3.59. The summed E-state index contributed by atoms with van der Waals surface area (Å²) >= 11 is 0. The molecular weight excluding hydrogens is 332 g/mol. The Bertz CT molecular complexity index is 1040. The third kappa shape index (κ3) is 2.68. The van der Waals surface area contributed by atoms with Crippen molar-refractivity contribution >= 4 is 26.7 Å². The summed E-state index contributed by atoms with van der Waals surface area (Å²) in [7, 11) is -3.59. The van der Waals surface area contributed by atoms with Crippen molar-refractivity contribution in [1.29, 1.82) is 0 Å². The first-order valence-electron chi connectivity index (χ1n) is 8.48. The van der Waals surface area contributed by atoms with Crippen LogP contribution in [0.2, 0.25) is 0 Å². The molecule has 0 spiro atoms. The van der Waals surface area contributed by atoms with Crippen LogP contribution < -0.4 is 4.31 Å². The van der Waals surface area contributed by atoms with Gasteiger partial charge in [0.2, 0.25) is 0 Å². The predicted molar refractivity (Wildman–Crippen MR) is 101 cm³/mol. The average molecular weight is 352 g/mol. The van der Waals surface area contributed by atoms with E-state index in [2.05, 4.69) is 24.9 Å². The second-order valence-corrected chi connectivity index (χ2v) is 8.58. The van der Waals surface area contributed by atoms with Gasteiger partial charge in [0.05, 0.1) is 10.4 Å². The van der Waals surface area contributed by atoms with Crippen molar-refractivity contribution in [3.05, 3.63) is 65.7 Å². The van der Waals surface area contributed by atoms with Gasteiger partial charge in [0.1, 0.15) is 5.82 Å². The number of hydrogen-bond donors (Lipinski definition) is 0. The number of sulfonamides is 1. The van der Waals surface area contributed by atoms with Gasteiger partial charge in [0, 0.05) is 11.9 Å². The Labute approximate surface area is 148 Å². The van der Waals surface area contributed by atoms with E-state index in [9.17, 15) is 8.42 Å². The van der Waals surface area contributed by atoms with Gasteiger partial charge in [-0.2, -0.15) is 0 Å². The lowest BCUT2D eigenvalue weighted by Crippen LogP contribution is -2.29. The van der Waals surface area contributed by atoms with Gasteiger partial charge in [0.15, 0.2) is 0 Å². The van der Waals surface area contributed by atoms with Crippen molar-refractivity contribution in [3.63, 3.8) is 0 Å². The Kier molecular flexibility index (Phi) is 3.76. The van der Waals surface area contributed by atoms with Crippen LogP contribution in [0.5, 0.6) is 0 Å². The fraction of sp³-hybridized carbons (Fsp3) is 0.250. The van der Waals surface area contributed by atoms with Crippen molar-refractivity contribution in [2.24, 2.45) is 0 Å². The number of fused-ring (bicyclic) bond motifs is 2. The molecule has 0 N–H and O–H groups in total. The van der Waals surface area contributed by atoms with E-state index in [1.807, 2.05) is 36.4 Å². The first-order chi connectivity index (χ1) is 12.0. The molecule has 0 atom stereocenters. The van der Waals surface area contributed by atoms with Gasteiger partial charge in [-0.25, -0.2) is 17.7 Å². The maximum absolute atomic E-state index is 13.1. The molecule has 128 valence electrons. The third-order valence-corrected chi connectivity index (χ3v) is 6.54. The molecule has 0 radical (unpaired) electrons. The van der Waals surface area contributed by atoms with E-state index >= 15 is 0 Å². The number of rotatable bonds is 3. The van der Waals surface area contributed by atoms with Crippen LogP contribution >= 0.6 is 0 Å². The topological polar surface area (TPSA) is 50.3 Å². The van der Waals surface area contributed by atoms with Gasteiger partial charge in [-0.1, -0.05) is 44.2 Å². The van der Waals surface area contributed by atoms with E-state index in [1.54, 1.807) is 12.1 Å². The highest BCUT2D eigenvalue weighted by Crippen LogP contribution is 2.33. The zero-order valence-electron chi connectivity index (χ0n) is 14.3. The number of anilines is 1. The van der Waals surface area contributed by atoms with E-state index in [1.165, 1.54) is 4.31 Å². The lowest BCUT2D eigenvalue weighted by molar-refractivity contribution is 0.592. The summed E-state index contributed by atoms with van der Waals surface area (Å²) in [6.07, 6.45) is 0.691. The molecule has 1 aliphatic rings. The maximum atomic E-state index is 13.1. The van der Waals surface area contributed by atoms with E-state index in [-0.39, 0.29) is 0 Å². The Morgan fingerprint density at radius 2 is 1.76 bits per heavy atom. The van der Waals surface area contributed by atoms with Gasteiger partial charge in [0.25, 0.3) is 10.0 Å². The molecule has 3 aromatic rings. The number of aromatic nitrogens is 1. The summed E-state index contributed by atoms with van der Waals surface area (Å²) < 4.78 is 27.6. The SMILES string of the molecule is CC(C)c1ccc(S(=O)(=O)N2CCc3cc4ccccc4nc32)cc1. The van der Waals surface area contributed by atoms with Crippen molar-refractivity contribution in [1.82, 2.24) is 4.98 Å². The van der Waals surface area contributed by atoms with Crippen molar-refractivity contribution in [2.45, 2.75) is 31.1 Å². The highest BCUT2D eigenvalue weighted by atomic mass is 32.2. The van der Waals surface area contributed by atoms with Crippen LogP contribution in [0, 0.1) is 0 Å². The second-order valence-electron chi connectivity index (χ2n) is 6.71. The van der Waals surface area contributed by atoms with Crippen LogP contribution in [0.1, 0.15) is 30.9 Å². The number of nitrogens with zero attached hydrogens (tertiary/aromatic N) is 2. The zero-order valence-corrected chi connectivity index (χ0v) is 15.1. The monoisotopic (exact) mass is 352 g/mol. The molecule has 4 rings (SSSR count). The summed E-state index contributed by atoms with van der Waals surface area (Å²) in [6.45, 7) is 4.62. The Balaban J connectivity index is 1.77. The molecular formula is C20H20N2O2S. The van der Waals surface area contributed by atoms with E-state index < -0.39 is 10.0 Å². The fourth-order valence-electron chi connectivity index (χ4n) is 3.26. The molecule has 4 nitrogen and oxygen atoms in total. The Morgan fingerprint density at radius 1 is 1.04 bits per heavy atom. The lowest BCUT2D eigenvalue weighted by atomic mass is 10.0. The fourth-order valence-corrected chi connectivity index (χ4v) is 4.72. The number of hydrogen-bond acceptors (Lipinski definition) is 3. The van der Waals surface area contributed by atoms with Crippen LogP contribution in [0.4, 0.5) is 5.82 Å². The summed E-state index contributed by atoms with van der Waals surface area (Å²) in [5.41, 5.74) is 2.93. The highest BCUT2D eigenvalue weighted by molar-refractivity contribution is 7.92. The van der Waals surface area contributed by atoms with Gasteiger partial charge in [-0.3, -0.25) is 0 Å². The molecule has 0 aliphatic carbocycles. The van der Waals surface area contributed by atoms with Crippen LogP contribution in [-0.2, 0) is 16.4 Å². The summed E-state index contributed by atoms with van der Waals surface area (Å²) in [6, 6.07) is 17.0. The molecule has 0 saturated heterocycles. The van der Waals surface area contributed by atoms with Gasteiger partial charge < -0.3 is 0 Å². The predicted octanol–water partition coefficient (Wildman–Crippen LogP) is 4.11. The molecule has 1 aliphatic heterocycles. The maximum Gasteiger partial charge on any atom is 0.265 e. The molecule has 0 saturated carbocycles. The molecule has 1 aromatic heterocycles. The first-order valence-corrected chi connectivity index (χ1v) is 9.92. The highest BCUT2D eigenvalue weighted by Gasteiger charge is 2.32. The minimum absolute atomic E-state index is 0.319. The van der Waals surface area contributed by atoms with E-state index in [0.29, 0.717) is 29.6 Å².